The minimum atomic E-state index is -4.24. The van der Waals surface area contributed by atoms with E-state index in [1.807, 2.05) is 6.92 Å². The number of hydrogen-bond acceptors (Lipinski definition) is 2. The maximum absolute atomic E-state index is 12.3. The van der Waals surface area contributed by atoms with Gasteiger partial charge < -0.3 is 15.3 Å². The normalized spacial score (nSPS) is 22.5. The van der Waals surface area contributed by atoms with E-state index in [-0.39, 0.29) is 24.1 Å². The van der Waals surface area contributed by atoms with E-state index in [9.17, 15) is 23.1 Å². The molecular weight excluding hydrogens is 297 g/mol. The quantitative estimate of drug-likeness (QED) is 0.881. The standard InChI is InChI=1S/C15H19F3N2O2/c1-10-6-7-20(9-13(10)21)14(22)19-12-4-2-11(3-5-12)8-15(16,17)18/h2-5,10,13,21H,6-9H2,1H3,(H,19,22). The molecule has 4 nitrogen and oxygen atoms in total. The summed E-state index contributed by atoms with van der Waals surface area (Å²) in [5, 5.41) is 12.4. The number of nitrogens with zero attached hydrogens (tertiary/aromatic N) is 1. The molecular formula is C15H19F3N2O2. The molecule has 1 heterocycles. The van der Waals surface area contributed by atoms with Gasteiger partial charge in [-0.05, 0) is 30.0 Å². The Bertz CT molecular complexity index is 517. The summed E-state index contributed by atoms with van der Waals surface area (Å²) in [5.74, 6) is 0.158. The van der Waals surface area contributed by atoms with Crippen LogP contribution >= 0.6 is 0 Å². The van der Waals surface area contributed by atoms with Gasteiger partial charge in [0.1, 0.15) is 0 Å². The molecule has 22 heavy (non-hydrogen) atoms. The topological polar surface area (TPSA) is 52.6 Å². The largest absolute Gasteiger partial charge is 0.393 e. The Morgan fingerprint density at radius 3 is 2.55 bits per heavy atom. The summed E-state index contributed by atoms with van der Waals surface area (Å²) in [6, 6.07) is 5.23. The Morgan fingerprint density at radius 2 is 2.00 bits per heavy atom. The number of rotatable bonds is 2. The maximum atomic E-state index is 12.3. The molecule has 1 aromatic carbocycles. The van der Waals surface area contributed by atoms with Crippen LogP contribution in [0.15, 0.2) is 24.3 Å². The third kappa shape index (κ3) is 4.62. The van der Waals surface area contributed by atoms with E-state index in [1.54, 1.807) is 0 Å². The first-order valence-electron chi connectivity index (χ1n) is 7.14. The lowest BCUT2D eigenvalue weighted by atomic mass is 9.96. The number of piperidine rings is 1. The number of aliphatic hydroxyl groups is 1. The molecule has 0 saturated carbocycles. The van der Waals surface area contributed by atoms with E-state index >= 15 is 0 Å². The van der Waals surface area contributed by atoms with Crippen LogP contribution in [0.3, 0.4) is 0 Å². The molecule has 0 aliphatic carbocycles. The number of alkyl halides is 3. The van der Waals surface area contributed by atoms with Gasteiger partial charge in [0.2, 0.25) is 0 Å². The van der Waals surface area contributed by atoms with Gasteiger partial charge >= 0.3 is 12.2 Å². The number of hydrogen-bond donors (Lipinski definition) is 2. The number of nitrogens with one attached hydrogen (secondary N) is 1. The molecule has 2 rings (SSSR count). The van der Waals surface area contributed by atoms with E-state index in [0.717, 1.165) is 6.42 Å². The van der Waals surface area contributed by atoms with Crippen molar-refractivity contribution >= 4 is 11.7 Å². The first kappa shape index (κ1) is 16.6. The number of anilines is 1. The van der Waals surface area contributed by atoms with Gasteiger partial charge in [-0.1, -0.05) is 19.1 Å². The third-order valence-corrected chi connectivity index (χ3v) is 3.82. The SMILES string of the molecule is CC1CCN(C(=O)Nc2ccc(CC(F)(F)F)cc2)CC1O. The van der Waals surface area contributed by atoms with Crippen LogP contribution in [-0.2, 0) is 6.42 Å². The summed E-state index contributed by atoms with van der Waals surface area (Å²) < 4.78 is 36.8. The van der Waals surface area contributed by atoms with Crippen LogP contribution in [0.1, 0.15) is 18.9 Å². The van der Waals surface area contributed by atoms with E-state index in [2.05, 4.69) is 5.32 Å². The molecule has 2 atom stereocenters. The van der Waals surface area contributed by atoms with Crippen LogP contribution in [0.2, 0.25) is 0 Å². The fraction of sp³-hybridized carbons (Fsp3) is 0.533. The first-order chi connectivity index (χ1) is 10.2. The van der Waals surface area contributed by atoms with Crippen molar-refractivity contribution in [3.05, 3.63) is 29.8 Å². The molecule has 1 aliphatic rings. The molecule has 122 valence electrons. The molecule has 0 spiro atoms. The molecule has 7 heteroatoms. The predicted molar refractivity (Wildman–Crippen MR) is 76.6 cm³/mol. The van der Waals surface area contributed by atoms with E-state index in [4.69, 9.17) is 0 Å². The number of β-amino-alcohol motifs (C(OH)–C–C–N with tert-alkyl or cyclic N) is 1. The number of urea groups is 1. The van der Waals surface area contributed by atoms with E-state index in [1.165, 1.54) is 29.2 Å². The molecule has 1 aromatic rings. The summed E-state index contributed by atoms with van der Waals surface area (Å²) in [4.78, 5) is 13.6. The van der Waals surface area contributed by atoms with Crippen molar-refractivity contribution in [3.8, 4) is 0 Å². The van der Waals surface area contributed by atoms with Crippen LogP contribution in [0, 0.1) is 5.92 Å². The second-order valence-corrected chi connectivity index (χ2v) is 5.70. The van der Waals surface area contributed by atoms with Crippen molar-refractivity contribution < 1.29 is 23.1 Å². The lowest BCUT2D eigenvalue weighted by molar-refractivity contribution is -0.127. The molecule has 0 radical (unpaired) electrons. The average molecular weight is 316 g/mol. The second-order valence-electron chi connectivity index (χ2n) is 5.70. The molecule has 2 N–H and O–H groups in total. The molecule has 2 unspecified atom stereocenters. The Hall–Kier alpha value is -1.76. The molecule has 1 fully saturated rings. The molecule has 2 amide bonds. The predicted octanol–water partition coefficient (Wildman–Crippen LogP) is 3.03. The third-order valence-electron chi connectivity index (χ3n) is 3.82. The van der Waals surface area contributed by atoms with Gasteiger partial charge in [0, 0.05) is 18.8 Å². The number of aliphatic hydroxyl groups excluding tert-OH is 1. The van der Waals surface area contributed by atoms with Crippen molar-refractivity contribution in [2.75, 3.05) is 18.4 Å². The Kier molecular flexibility index (Phi) is 4.95. The van der Waals surface area contributed by atoms with Gasteiger partial charge in [-0.3, -0.25) is 0 Å². The summed E-state index contributed by atoms with van der Waals surface area (Å²) in [5.41, 5.74) is 0.580. The Labute approximate surface area is 126 Å². The zero-order valence-electron chi connectivity index (χ0n) is 12.2. The van der Waals surface area contributed by atoms with Gasteiger partial charge in [0.25, 0.3) is 0 Å². The maximum Gasteiger partial charge on any atom is 0.393 e. The summed E-state index contributed by atoms with van der Waals surface area (Å²) >= 11 is 0. The molecule has 0 bridgehead atoms. The van der Waals surface area contributed by atoms with Crippen LogP contribution in [-0.4, -0.2) is 41.4 Å². The van der Waals surface area contributed by atoms with Gasteiger partial charge in [0.15, 0.2) is 0 Å². The van der Waals surface area contributed by atoms with Crippen molar-refractivity contribution in [1.29, 1.82) is 0 Å². The summed E-state index contributed by atoms with van der Waals surface area (Å²) in [6.07, 6.45) is -5.06. The Morgan fingerprint density at radius 1 is 1.36 bits per heavy atom. The number of benzene rings is 1. The molecule has 0 aromatic heterocycles. The van der Waals surface area contributed by atoms with Gasteiger partial charge in [-0.2, -0.15) is 13.2 Å². The smallest absolute Gasteiger partial charge is 0.391 e. The van der Waals surface area contributed by atoms with E-state index < -0.39 is 18.7 Å². The number of carbonyl (C=O) groups excluding carboxylic acids is 1. The van der Waals surface area contributed by atoms with Crippen molar-refractivity contribution in [3.63, 3.8) is 0 Å². The molecule has 1 aliphatic heterocycles. The highest BCUT2D eigenvalue weighted by molar-refractivity contribution is 5.89. The van der Waals surface area contributed by atoms with Crippen LogP contribution in [0.5, 0.6) is 0 Å². The van der Waals surface area contributed by atoms with Gasteiger partial charge in [0.05, 0.1) is 12.5 Å². The minimum absolute atomic E-state index is 0.146. The Balaban J connectivity index is 1.92. The van der Waals surface area contributed by atoms with Crippen LogP contribution < -0.4 is 5.32 Å². The van der Waals surface area contributed by atoms with Crippen molar-refractivity contribution in [2.24, 2.45) is 5.92 Å². The highest BCUT2D eigenvalue weighted by Gasteiger charge is 2.28. The lowest BCUT2D eigenvalue weighted by Crippen LogP contribution is -2.47. The van der Waals surface area contributed by atoms with Crippen LogP contribution in [0.4, 0.5) is 23.7 Å². The summed E-state index contributed by atoms with van der Waals surface area (Å²) in [6.45, 7) is 2.74. The zero-order chi connectivity index (χ0) is 16.3. The van der Waals surface area contributed by atoms with E-state index in [0.29, 0.717) is 12.2 Å². The summed E-state index contributed by atoms with van der Waals surface area (Å²) in [7, 11) is 0. The number of carbonyl (C=O) groups is 1. The average Bonchev–Trinajstić information content (AvgIpc) is 2.42. The van der Waals surface area contributed by atoms with Crippen molar-refractivity contribution in [1.82, 2.24) is 4.90 Å². The lowest BCUT2D eigenvalue weighted by Gasteiger charge is -2.34. The number of halogens is 3. The highest BCUT2D eigenvalue weighted by Crippen LogP contribution is 2.22. The molecule has 1 saturated heterocycles. The fourth-order valence-corrected chi connectivity index (χ4v) is 2.37. The zero-order valence-corrected chi connectivity index (χ0v) is 12.2. The highest BCUT2D eigenvalue weighted by atomic mass is 19.4. The van der Waals surface area contributed by atoms with Crippen molar-refractivity contribution in [2.45, 2.75) is 32.0 Å². The second kappa shape index (κ2) is 6.56. The van der Waals surface area contributed by atoms with Gasteiger partial charge in [-0.25, -0.2) is 4.79 Å². The van der Waals surface area contributed by atoms with Gasteiger partial charge in [-0.15, -0.1) is 0 Å². The van der Waals surface area contributed by atoms with Crippen LogP contribution in [0.25, 0.3) is 0 Å². The monoisotopic (exact) mass is 316 g/mol. The first-order valence-corrected chi connectivity index (χ1v) is 7.14. The number of likely N-dealkylation sites (tertiary alicyclic amines) is 1. The minimum Gasteiger partial charge on any atom is -0.391 e. The number of amides is 2. The fourth-order valence-electron chi connectivity index (χ4n) is 2.37.